The van der Waals surface area contributed by atoms with Crippen molar-refractivity contribution in [2.45, 2.75) is 71.6 Å². The van der Waals surface area contributed by atoms with E-state index in [1.807, 2.05) is 70.1 Å². The van der Waals surface area contributed by atoms with E-state index in [9.17, 15) is 0 Å². The molecule has 2 aliphatic rings. The number of aromatic nitrogens is 1. The lowest BCUT2D eigenvalue weighted by molar-refractivity contribution is -0.665. The Labute approximate surface area is 278 Å². The van der Waals surface area contributed by atoms with E-state index < -0.39 is 0 Å². The molecule has 0 radical (unpaired) electrons. The van der Waals surface area contributed by atoms with Gasteiger partial charge in [-0.25, -0.2) is 0 Å². The molecule has 0 saturated heterocycles. The summed E-state index contributed by atoms with van der Waals surface area (Å²) in [6, 6.07) is 9.51. The van der Waals surface area contributed by atoms with E-state index in [1.165, 1.54) is 61.6 Å². The summed E-state index contributed by atoms with van der Waals surface area (Å²) in [6.07, 6.45) is 22.7. The Balaban J connectivity index is 1.45. The fraction of sp³-hybridized carbons (Fsp3) is 0.382. The van der Waals surface area contributed by atoms with Crippen LogP contribution in [0.25, 0.3) is 16.3 Å². The van der Waals surface area contributed by atoms with Gasteiger partial charge in [0.05, 0.1) is 10.7 Å². The molecule has 222 valence electrons. The molecule has 0 saturated carbocycles. The molecule has 2 aromatic carbocycles. The van der Waals surface area contributed by atoms with Crippen LogP contribution in [-0.4, -0.2) is 31.6 Å². The quantitative estimate of drug-likeness (QED) is 0.164. The van der Waals surface area contributed by atoms with Crippen molar-refractivity contribution in [3.8, 4) is 0 Å². The van der Waals surface area contributed by atoms with Gasteiger partial charge >= 0.3 is 0 Å². The first-order valence-electron chi connectivity index (χ1n) is 14.3. The number of anilines is 1. The van der Waals surface area contributed by atoms with Gasteiger partial charge in [-0.3, -0.25) is 0 Å². The Bertz CT molecular complexity index is 1610. The number of thioether (sulfide) groups is 5. The minimum absolute atomic E-state index is 0.232. The van der Waals surface area contributed by atoms with Crippen LogP contribution in [-0.2, 0) is 6.54 Å². The first-order chi connectivity index (χ1) is 20.2. The first-order valence-corrected chi connectivity index (χ1v) is 20.9. The van der Waals surface area contributed by atoms with Crippen molar-refractivity contribution in [3.05, 3.63) is 69.8 Å². The van der Waals surface area contributed by atoms with Crippen molar-refractivity contribution in [2.75, 3.05) is 36.5 Å². The van der Waals surface area contributed by atoms with E-state index in [0.29, 0.717) is 0 Å². The Morgan fingerprint density at radius 2 is 1.57 bits per heavy atom. The van der Waals surface area contributed by atoms with E-state index in [-0.39, 0.29) is 5.41 Å². The van der Waals surface area contributed by atoms with Gasteiger partial charge in [0, 0.05) is 43.2 Å². The summed E-state index contributed by atoms with van der Waals surface area (Å²) in [5, 5.41) is 2.66. The summed E-state index contributed by atoms with van der Waals surface area (Å²) < 4.78 is 3.82. The number of aryl methyl sites for hydroxylation is 1. The van der Waals surface area contributed by atoms with E-state index in [4.69, 9.17) is 0 Å². The van der Waals surface area contributed by atoms with Crippen molar-refractivity contribution >= 4 is 92.1 Å². The molecular formula is C34H41N2S6+. The van der Waals surface area contributed by atoms with Gasteiger partial charge < -0.3 is 4.90 Å². The average molecular weight is 670 g/mol. The predicted octanol–water partition coefficient (Wildman–Crippen LogP) is 11.3. The standard InChI is InChI=1S/C34H41N2S6/c1-9-35-24-16-28(37-5)30(39-7)18-26(24)41-32(35)13-11-12-22-14-23(21-34(3,4)20-22)15-33-36(10-2)25-17-29(38-6)31(40-8)19-27(25)42-33/h11-19H,9-10,20-21H2,1-8H3/q+1. The normalized spacial score (nSPS) is 18.6. The van der Waals surface area contributed by atoms with Crippen LogP contribution in [0, 0.1) is 5.41 Å². The Morgan fingerprint density at radius 1 is 0.905 bits per heavy atom. The highest BCUT2D eigenvalue weighted by Gasteiger charge is 2.29. The van der Waals surface area contributed by atoms with E-state index in [2.05, 4.69) is 117 Å². The van der Waals surface area contributed by atoms with Gasteiger partial charge in [-0.1, -0.05) is 55.2 Å². The second-order valence-corrected chi connectivity index (χ2v) is 16.7. The molecule has 42 heavy (non-hydrogen) atoms. The SMILES string of the molecule is CCN1C(=CC2=CC(=CC=Cc3sc4cc(SC)c(SC)cc4[n+]3CC)CC(C)(C)C2)Sc2cc(SC)c(SC)cc21. The molecule has 0 fully saturated rings. The Kier molecular flexibility index (Phi) is 10.6. The van der Waals surface area contributed by atoms with E-state index in [1.54, 1.807) is 0 Å². The molecule has 2 nitrogen and oxygen atoms in total. The van der Waals surface area contributed by atoms with Gasteiger partial charge in [-0.05, 0) is 92.5 Å². The third-order valence-electron chi connectivity index (χ3n) is 7.70. The summed E-state index contributed by atoms with van der Waals surface area (Å²) >= 11 is 11.2. The summed E-state index contributed by atoms with van der Waals surface area (Å²) in [5.41, 5.74) is 5.76. The molecule has 0 N–H and O–H groups in total. The van der Waals surface area contributed by atoms with Gasteiger partial charge in [0.25, 0.3) is 5.01 Å². The molecule has 0 spiro atoms. The molecule has 3 aromatic rings. The van der Waals surface area contributed by atoms with Gasteiger partial charge in [0.15, 0.2) is 0 Å². The van der Waals surface area contributed by atoms with Crippen molar-refractivity contribution in [2.24, 2.45) is 5.41 Å². The van der Waals surface area contributed by atoms with Crippen molar-refractivity contribution in [3.63, 3.8) is 0 Å². The topological polar surface area (TPSA) is 7.12 Å². The molecule has 0 unspecified atom stereocenters. The maximum Gasteiger partial charge on any atom is 0.262 e. The number of nitrogens with zero attached hydrogens (tertiary/aromatic N) is 2. The second kappa shape index (κ2) is 13.9. The zero-order valence-corrected chi connectivity index (χ0v) is 30.8. The van der Waals surface area contributed by atoms with Gasteiger partial charge in [-0.15, -0.1) is 47.0 Å². The van der Waals surface area contributed by atoms with Gasteiger partial charge in [0.2, 0.25) is 5.52 Å². The molecule has 1 aliphatic carbocycles. The smallest absolute Gasteiger partial charge is 0.262 e. The molecule has 0 bridgehead atoms. The summed E-state index contributed by atoms with van der Waals surface area (Å²) in [6.45, 7) is 11.3. The minimum Gasteiger partial charge on any atom is -0.335 e. The van der Waals surface area contributed by atoms with Crippen LogP contribution in [0.5, 0.6) is 0 Å². The van der Waals surface area contributed by atoms with Crippen LogP contribution < -0.4 is 9.47 Å². The number of benzene rings is 2. The molecule has 0 atom stereocenters. The number of hydrogen-bond donors (Lipinski definition) is 0. The molecule has 8 heteroatoms. The highest BCUT2D eigenvalue weighted by Crippen LogP contribution is 2.50. The second-order valence-electron chi connectivity index (χ2n) is 11.2. The van der Waals surface area contributed by atoms with E-state index in [0.717, 1.165) is 25.9 Å². The zero-order chi connectivity index (χ0) is 30.0. The fourth-order valence-electron chi connectivity index (χ4n) is 5.86. The molecular weight excluding hydrogens is 629 g/mol. The van der Waals surface area contributed by atoms with Crippen LogP contribution in [0.3, 0.4) is 0 Å². The number of fused-ring (bicyclic) bond motifs is 2. The van der Waals surface area contributed by atoms with Crippen LogP contribution in [0.4, 0.5) is 5.69 Å². The van der Waals surface area contributed by atoms with Gasteiger partial charge in [-0.2, -0.15) is 4.57 Å². The fourth-order valence-corrected chi connectivity index (χ4v) is 11.4. The van der Waals surface area contributed by atoms with Crippen LogP contribution in [0.2, 0.25) is 0 Å². The largest absolute Gasteiger partial charge is 0.335 e. The summed E-state index contributed by atoms with van der Waals surface area (Å²) in [4.78, 5) is 9.34. The maximum atomic E-state index is 2.49. The third kappa shape index (κ3) is 6.74. The number of hydrogen-bond acceptors (Lipinski definition) is 7. The number of rotatable bonds is 9. The Hall–Kier alpha value is -1.16. The minimum atomic E-state index is 0.232. The van der Waals surface area contributed by atoms with Gasteiger partial charge in [0.1, 0.15) is 11.2 Å². The van der Waals surface area contributed by atoms with E-state index >= 15 is 0 Å². The van der Waals surface area contributed by atoms with Crippen molar-refractivity contribution in [1.29, 1.82) is 0 Å². The summed E-state index contributed by atoms with van der Waals surface area (Å²) in [5.74, 6) is 0. The maximum absolute atomic E-state index is 2.49. The highest BCUT2D eigenvalue weighted by atomic mass is 32.2. The lowest BCUT2D eigenvalue weighted by atomic mass is 9.75. The number of thiazole rings is 1. The van der Waals surface area contributed by atoms with Crippen molar-refractivity contribution < 1.29 is 4.57 Å². The number of allylic oxidation sites excluding steroid dienone is 6. The zero-order valence-electron chi connectivity index (χ0n) is 25.9. The molecule has 5 rings (SSSR count). The lowest BCUT2D eigenvalue weighted by Gasteiger charge is -2.31. The first kappa shape index (κ1) is 32.2. The lowest BCUT2D eigenvalue weighted by Crippen LogP contribution is -2.33. The molecule has 0 amide bonds. The third-order valence-corrected chi connectivity index (χ3v) is 13.3. The van der Waals surface area contributed by atoms with Crippen molar-refractivity contribution in [1.82, 2.24) is 0 Å². The highest BCUT2D eigenvalue weighted by molar-refractivity contribution is 8.04. The Morgan fingerprint density at radius 3 is 2.24 bits per heavy atom. The monoisotopic (exact) mass is 669 g/mol. The van der Waals surface area contributed by atoms with Crippen LogP contribution in [0.1, 0.15) is 45.5 Å². The van der Waals surface area contributed by atoms with Crippen LogP contribution in [0.15, 0.2) is 89.2 Å². The average Bonchev–Trinajstić information content (AvgIpc) is 3.49. The van der Waals surface area contributed by atoms with Crippen LogP contribution >= 0.6 is 70.1 Å². The molecule has 1 aliphatic heterocycles. The molecule has 2 heterocycles. The molecule has 1 aromatic heterocycles. The summed E-state index contributed by atoms with van der Waals surface area (Å²) in [7, 11) is 0. The predicted molar refractivity (Wildman–Crippen MR) is 196 cm³/mol.